The molecule has 0 aliphatic rings. The molecule has 0 saturated heterocycles. The van der Waals surface area contributed by atoms with Crippen LogP contribution in [0.1, 0.15) is 35.3 Å². The smallest absolute Gasteiger partial charge is 0.344 e. The fourth-order valence-electron chi connectivity index (χ4n) is 2.30. The molecule has 148 valence electrons. The number of nitrogens with zero attached hydrogens (tertiary/aromatic N) is 1. The van der Waals surface area contributed by atoms with E-state index in [9.17, 15) is 9.59 Å². The van der Waals surface area contributed by atoms with E-state index in [4.69, 9.17) is 14.2 Å². The zero-order valence-electron chi connectivity index (χ0n) is 16.4. The highest BCUT2D eigenvalue weighted by Crippen LogP contribution is 2.19. The Bertz CT molecular complexity index is 844. The van der Waals surface area contributed by atoms with Crippen molar-refractivity contribution >= 4 is 18.1 Å². The number of hydrogen-bond donors (Lipinski definition) is 1. The van der Waals surface area contributed by atoms with Gasteiger partial charge in [-0.05, 0) is 68.3 Å². The molecule has 0 aliphatic carbocycles. The van der Waals surface area contributed by atoms with Crippen LogP contribution < -0.4 is 14.9 Å². The van der Waals surface area contributed by atoms with Crippen molar-refractivity contribution in [3.8, 4) is 11.5 Å². The number of aryl methyl sites for hydroxylation is 1. The number of methoxy groups -OCH3 is 1. The Balaban J connectivity index is 1.89. The van der Waals surface area contributed by atoms with Crippen molar-refractivity contribution in [3.05, 3.63) is 59.2 Å². The summed E-state index contributed by atoms with van der Waals surface area (Å²) in [7, 11) is 1.51. The Kier molecular flexibility index (Phi) is 7.56. The van der Waals surface area contributed by atoms with Gasteiger partial charge in [0.1, 0.15) is 11.5 Å². The summed E-state index contributed by atoms with van der Waals surface area (Å²) in [6, 6.07) is 12.2. The van der Waals surface area contributed by atoms with E-state index in [0.717, 1.165) is 11.1 Å². The van der Waals surface area contributed by atoms with E-state index >= 15 is 0 Å². The Morgan fingerprint density at radius 1 is 1.14 bits per heavy atom. The highest BCUT2D eigenvalue weighted by atomic mass is 16.6. The minimum absolute atomic E-state index is 0.153. The van der Waals surface area contributed by atoms with E-state index in [-0.39, 0.29) is 18.6 Å². The molecule has 1 amide bonds. The predicted molar refractivity (Wildman–Crippen MR) is 106 cm³/mol. The van der Waals surface area contributed by atoms with Gasteiger partial charge in [0, 0.05) is 0 Å². The minimum Gasteiger partial charge on any atom is -0.496 e. The largest absolute Gasteiger partial charge is 0.496 e. The van der Waals surface area contributed by atoms with Crippen molar-refractivity contribution in [2.75, 3.05) is 13.7 Å². The third kappa shape index (κ3) is 6.42. The molecular weight excluding hydrogens is 360 g/mol. The van der Waals surface area contributed by atoms with Gasteiger partial charge in [-0.2, -0.15) is 5.10 Å². The monoisotopic (exact) mass is 384 g/mol. The molecular formula is C21H24N2O5. The van der Waals surface area contributed by atoms with Crippen molar-refractivity contribution in [1.82, 2.24) is 5.43 Å². The number of hydrogen-bond acceptors (Lipinski definition) is 6. The maximum absolute atomic E-state index is 12.2. The normalized spacial score (nSPS) is 10.8. The second kappa shape index (κ2) is 10.1. The molecule has 0 spiro atoms. The minimum atomic E-state index is -0.421. The summed E-state index contributed by atoms with van der Waals surface area (Å²) in [5, 5.41) is 3.96. The molecule has 0 fully saturated rings. The SMILES string of the molecule is COc1cc(C)ccc1C(=O)N/N=C\c1ccc(OCC(=O)OC(C)C)cc1. The van der Waals surface area contributed by atoms with E-state index < -0.39 is 5.97 Å². The predicted octanol–water partition coefficient (Wildman–Crippen LogP) is 3.10. The van der Waals surface area contributed by atoms with E-state index in [1.54, 1.807) is 50.2 Å². The quantitative estimate of drug-likeness (QED) is 0.429. The van der Waals surface area contributed by atoms with Crippen LogP contribution in [0.15, 0.2) is 47.6 Å². The van der Waals surface area contributed by atoms with E-state index in [0.29, 0.717) is 17.1 Å². The van der Waals surface area contributed by atoms with Crippen molar-refractivity contribution < 1.29 is 23.8 Å². The molecule has 0 aliphatic heterocycles. The molecule has 0 aromatic heterocycles. The number of esters is 1. The molecule has 7 heteroatoms. The van der Waals surface area contributed by atoms with E-state index in [2.05, 4.69) is 10.5 Å². The van der Waals surface area contributed by atoms with Crippen molar-refractivity contribution in [2.24, 2.45) is 5.10 Å². The lowest BCUT2D eigenvalue weighted by atomic mass is 10.1. The first-order chi connectivity index (χ1) is 13.4. The first-order valence-corrected chi connectivity index (χ1v) is 8.79. The lowest BCUT2D eigenvalue weighted by Gasteiger charge is -2.09. The van der Waals surface area contributed by atoms with Crippen LogP contribution in [0.2, 0.25) is 0 Å². The number of carbonyl (C=O) groups excluding carboxylic acids is 2. The van der Waals surface area contributed by atoms with Crippen LogP contribution in [-0.4, -0.2) is 37.9 Å². The summed E-state index contributed by atoms with van der Waals surface area (Å²) in [5.41, 5.74) is 4.63. The number of ether oxygens (including phenoxy) is 3. The van der Waals surface area contributed by atoms with Gasteiger partial charge in [0.2, 0.25) is 0 Å². The zero-order valence-corrected chi connectivity index (χ0v) is 16.4. The number of nitrogens with one attached hydrogen (secondary N) is 1. The third-order valence-corrected chi connectivity index (χ3v) is 3.59. The molecule has 0 heterocycles. The molecule has 2 rings (SSSR count). The Hall–Kier alpha value is -3.35. The van der Waals surface area contributed by atoms with E-state index in [1.165, 1.54) is 13.3 Å². The Morgan fingerprint density at radius 3 is 2.50 bits per heavy atom. The molecule has 0 unspecified atom stereocenters. The van der Waals surface area contributed by atoms with Crippen LogP contribution in [0.4, 0.5) is 0 Å². The standard InChI is InChI=1S/C21H24N2O5/c1-14(2)28-20(24)13-27-17-8-6-16(7-9-17)12-22-23-21(25)18-10-5-15(3)11-19(18)26-4/h5-12,14H,13H2,1-4H3,(H,23,25)/b22-12-. The average molecular weight is 384 g/mol. The number of hydrazone groups is 1. The van der Waals surface area contributed by atoms with Crippen molar-refractivity contribution in [3.63, 3.8) is 0 Å². The zero-order chi connectivity index (χ0) is 20.5. The molecule has 0 bridgehead atoms. The number of carbonyl (C=O) groups is 2. The summed E-state index contributed by atoms with van der Waals surface area (Å²) < 4.78 is 15.6. The lowest BCUT2D eigenvalue weighted by molar-refractivity contribution is -0.149. The second-order valence-electron chi connectivity index (χ2n) is 6.30. The van der Waals surface area contributed by atoms with Gasteiger partial charge in [-0.1, -0.05) is 6.07 Å². The lowest BCUT2D eigenvalue weighted by Crippen LogP contribution is -2.18. The van der Waals surface area contributed by atoms with Crippen LogP contribution in [0.3, 0.4) is 0 Å². The molecule has 28 heavy (non-hydrogen) atoms. The summed E-state index contributed by atoms with van der Waals surface area (Å²) in [6.45, 7) is 5.32. The molecule has 7 nitrogen and oxygen atoms in total. The van der Waals surface area contributed by atoms with Gasteiger partial charge in [0.15, 0.2) is 6.61 Å². The summed E-state index contributed by atoms with van der Waals surface area (Å²) in [4.78, 5) is 23.7. The topological polar surface area (TPSA) is 86.2 Å². The van der Waals surface area contributed by atoms with Crippen LogP contribution in [-0.2, 0) is 9.53 Å². The number of amides is 1. The van der Waals surface area contributed by atoms with Gasteiger partial charge in [-0.25, -0.2) is 10.2 Å². The maximum atomic E-state index is 12.2. The van der Waals surface area contributed by atoms with Gasteiger partial charge < -0.3 is 14.2 Å². The van der Waals surface area contributed by atoms with Crippen LogP contribution in [0.5, 0.6) is 11.5 Å². The van der Waals surface area contributed by atoms with Gasteiger partial charge >= 0.3 is 5.97 Å². The van der Waals surface area contributed by atoms with Gasteiger partial charge in [-0.3, -0.25) is 4.79 Å². The van der Waals surface area contributed by atoms with Crippen LogP contribution >= 0.6 is 0 Å². The summed E-state index contributed by atoms with van der Waals surface area (Å²) in [6.07, 6.45) is 1.33. The second-order valence-corrected chi connectivity index (χ2v) is 6.30. The van der Waals surface area contributed by atoms with Crippen LogP contribution in [0.25, 0.3) is 0 Å². The van der Waals surface area contributed by atoms with Crippen molar-refractivity contribution in [2.45, 2.75) is 26.9 Å². The van der Waals surface area contributed by atoms with Gasteiger partial charge in [-0.15, -0.1) is 0 Å². The maximum Gasteiger partial charge on any atom is 0.344 e. The molecule has 1 N–H and O–H groups in total. The highest BCUT2D eigenvalue weighted by Gasteiger charge is 2.11. The highest BCUT2D eigenvalue weighted by molar-refractivity contribution is 5.97. The Labute approximate surface area is 164 Å². The van der Waals surface area contributed by atoms with Crippen LogP contribution in [0, 0.1) is 6.92 Å². The first-order valence-electron chi connectivity index (χ1n) is 8.79. The number of benzene rings is 2. The van der Waals surface area contributed by atoms with Crippen molar-refractivity contribution in [1.29, 1.82) is 0 Å². The summed E-state index contributed by atoms with van der Waals surface area (Å²) in [5.74, 6) is 0.239. The molecule has 0 saturated carbocycles. The molecule has 0 atom stereocenters. The first kappa shape index (κ1) is 21.0. The fraction of sp³-hybridized carbons (Fsp3) is 0.286. The molecule has 2 aromatic carbocycles. The summed E-state index contributed by atoms with van der Waals surface area (Å²) >= 11 is 0. The fourth-order valence-corrected chi connectivity index (χ4v) is 2.30. The Morgan fingerprint density at radius 2 is 1.86 bits per heavy atom. The molecule has 0 radical (unpaired) electrons. The van der Waals surface area contributed by atoms with Gasteiger partial charge in [0.25, 0.3) is 5.91 Å². The van der Waals surface area contributed by atoms with Gasteiger partial charge in [0.05, 0.1) is 25.0 Å². The van der Waals surface area contributed by atoms with E-state index in [1.807, 2.05) is 13.0 Å². The molecule has 2 aromatic rings. The average Bonchev–Trinajstić information content (AvgIpc) is 2.66. The third-order valence-electron chi connectivity index (χ3n) is 3.59. The number of rotatable bonds is 8.